The highest BCUT2D eigenvalue weighted by atomic mass is 32.2. The molecule has 0 unspecified atom stereocenters. The zero-order valence-electron chi connectivity index (χ0n) is 32.9. The van der Waals surface area contributed by atoms with Crippen molar-refractivity contribution in [2.24, 2.45) is 17.8 Å². The summed E-state index contributed by atoms with van der Waals surface area (Å²) in [4.78, 5) is 63.7. The molecule has 6 rings (SSSR count). The summed E-state index contributed by atoms with van der Waals surface area (Å²) >= 11 is 0. The molecule has 0 spiro atoms. The molecule has 1 saturated heterocycles. The van der Waals surface area contributed by atoms with Gasteiger partial charge in [-0.3, -0.25) is 24.0 Å². The van der Waals surface area contributed by atoms with Crippen LogP contribution < -0.4 is 19.5 Å². The molecule has 1 aromatic heterocycles. The maximum Gasteiger partial charge on any atom is 0.408 e. The van der Waals surface area contributed by atoms with Gasteiger partial charge >= 0.3 is 6.09 Å². The Bertz CT molecular complexity index is 2000. The second kappa shape index (κ2) is 15.5. The van der Waals surface area contributed by atoms with Gasteiger partial charge in [0.25, 0.3) is 5.91 Å². The van der Waals surface area contributed by atoms with Gasteiger partial charge in [0.1, 0.15) is 35.1 Å². The Balaban J connectivity index is 1.40. The number of carboxylic acid groups (broad SMARTS) is 1. The molecular weight excluding hydrogens is 746 g/mol. The largest absolute Gasteiger partial charge is 0.478 e. The van der Waals surface area contributed by atoms with Crippen LogP contribution in [0.15, 0.2) is 42.5 Å². The van der Waals surface area contributed by atoms with E-state index in [4.69, 9.17) is 9.47 Å². The molecule has 2 aromatic rings. The minimum absolute atomic E-state index is 0.0476. The van der Waals surface area contributed by atoms with Crippen molar-refractivity contribution < 1.29 is 46.6 Å². The normalized spacial score (nSPS) is 29.2. The van der Waals surface area contributed by atoms with Crippen molar-refractivity contribution in [1.82, 2.24) is 24.8 Å². The third-order valence-corrected chi connectivity index (χ3v) is 13.8. The van der Waals surface area contributed by atoms with E-state index >= 15 is 4.79 Å². The van der Waals surface area contributed by atoms with Crippen molar-refractivity contribution in [2.75, 3.05) is 19.8 Å². The molecular formula is C40H54FN5O9S. The second-order valence-corrected chi connectivity index (χ2v) is 19.1. The maximum atomic E-state index is 15.1. The van der Waals surface area contributed by atoms with Crippen LogP contribution in [0.4, 0.5) is 9.18 Å². The van der Waals surface area contributed by atoms with E-state index in [1.807, 2.05) is 51.1 Å². The number of nitrogens with one attached hydrogen (secondary N) is 2. The summed E-state index contributed by atoms with van der Waals surface area (Å²) in [5.41, 5.74) is -2.68. The Kier molecular flexibility index (Phi) is 11.4. The van der Waals surface area contributed by atoms with E-state index in [9.17, 15) is 32.3 Å². The van der Waals surface area contributed by atoms with Crippen LogP contribution in [-0.2, 0) is 24.4 Å². The van der Waals surface area contributed by atoms with Gasteiger partial charge in [0.15, 0.2) is 0 Å². The molecule has 3 heterocycles. The summed E-state index contributed by atoms with van der Waals surface area (Å²) in [6, 6.07) is 6.76. The Labute approximate surface area is 327 Å². The summed E-state index contributed by atoms with van der Waals surface area (Å²) in [5, 5.41) is 14.9. The number of ether oxygens (including phenoxy) is 2. The van der Waals surface area contributed by atoms with Crippen molar-refractivity contribution in [3.05, 3.63) is 42.5 Å². The number of sulfonamides is 1. The van der Waals surface area contributed by atoms with E-state index in [1.54, 1.807) is 32.9 Å². The van der Waals surface area contributed by atoms with E-state index in [0.29, 0.717) is 37.1 Å². The maximum absolute atomic E-state index is 15.1. The molecule has 2 saturated carbocycles. The lowest BCUT2D eigenvalue weighted by atomic mass is 9.85. The van der Waals surface area contributed by atoms with Gasteiger partial charge in [-0.1, -0.05) is 44.2 Å². The average Bonchev–Trinajstić information content (AvgIpc) is 4.02. The molecule has 0 bridgehead atoms. The third kappa shape index (κ3) is 8.03. The lowest BCUT2D eigenvalue weighted by Crippen LogP contribution is -2.62. The number of aromatic nitrogens is 1. The molecule has 2 aliphatic carbocycles. The Morgan fingerprint density at radius 1 is 1.16 bits per heavy atom. The van der Waals surface area contributed by atoms with E-state index < -0.39 is 86.4 Å². The molecule has 16 heteroatoms. The quantitative estimate of drug-likeness (QED) is 0.293. The number of hydrogen-bond donors (Lipinski definition) is 3. The number of halogens is 1. The fraction of sp³-hybridized carbons (Fsp3) is 0.625. The van der Waals surface area contributed by atoms with Crippen LogP contribution in [0, 0.1) is 17.8 Å². The number of carbonyl (C=O) groups is 4. The van der Waals surface area contributed by atoms with Crippen LogP contribution in [0.5, 0.6) is 11.8 Å². The number of allylic oxidation sites excluding steroid dienone is 1. The van der Waals surface area contributed by atoms with Crippen LogP contribution in [0.3, 0.4) is 0 Å². The summed E-state index contributed by atoms with van der Waals surface area (Å²) in [6.07, 6.45) is 3.60. The molecule has 306 valence electrons. The van der Waals surface area contributed by atoms with E-state index in [2.05, 4.69) is 15.0 Å². The lowest BCUT2D eigenvalue weighted by Gasteiger charge is -2.43. The highest BCUT2D eigenvalue weighted by molar-refractivity contribution is 7.91. The fourth-order valence-electron chi connectivity index (χ4n) is 8.33. The Morgan fingerprint density at radius 3 is 2.52 bits per heavy atom. The summed E-state index contributed by atoms with van der Waals surface area (Å²) < 4.78 is 52.9. The van der Waals surface area contributed by atoms with Gasteiger partial charge in [-0.05, 0) is 89.5 Å². The number of pyridine rings is 1. The number of amides is 4. The predicted molar refractivity (Wildman–Crippen MR) is 206 cm³/mol. The SMILES string of the molecule is CCOc1cc2ccccc2c(O[C@@H]2C[C@H]3C(=O)N[C@]4(C(=O)NS(=O)(=O)C5(CF)CC5)C[C@H]4C=CCC[C@@H](C)C[C@@H](C)[C@H](N(C(=O)O)C(C)(C)C)C(=O)N3C2)n1. The van der Waals surface area contributed by atoms with Gasteiger partial charge < -0.3 is 24.8 Å². The first-order valence-electron chi connectivity index (χ1n) is 19.5. The number of fused-ring (bicyclic) bond motifs is 3. The number of hydrogen-bond acceptors (Lipinski definition) is 9. The average molecular weight is 800 g/mol. The molecule has 56 heavy (non-hydrogen) atoms. The zero-order valence-corrected chi connectivity index (χ0v) is 33.7. The van der Waals surface area contributed by atoms with Crippen molar-refractivity contribution in [2.45, 2.75) is 121 Å². The first-order chi connectivity index (χ1) is 26.4. The highest BCUT2D eigenvalue weighted by Crippen LogP contribution is 2.48. The third-order valence-electron chi connectivity index (χ3n) is 11.7. The van der Waals surface area contributed by atoms with Crippen LogP contribution in [-0.4, -0.2) is 106 Å². The fourth-order valence-corrected chi connectivity index (χ4v) is 9.76. The number of benzene rings is 1. The van der Waals surface area contributed by atoms with Crippen LogP contribution in [0.1, 0.15) is 86.5 Å². The van der Waals surface area contributed by atoms with Gasteiger partial charge in [-0.25, -0.2) is 17.6 Å². The first-order valence-corrected chi connectivity index (χ1v) is 21.0. The molecule has 3 fully saturated rings. The van der Waals surface area contributed by atoms with Crippen molar-refractivity contribution in [1.29, 1.82) is 0 Å². The van der Waals surface area contributed by atoms with Crippen LogP contribution in [0.25, 0.3) is 10.8 Å². The Morgan fingerprint density at radius 2 is 1.88 bits per heavy atom. The summed E-state index contributed by atoms with van der Waals surface area (Å²) in [5.74, 6) is -2.69. The number of nitrogens with zero attached hydrogens (tertiary/aromatic N) is 3. The van der Waals surface area contributed by atoms with Crippen LogP contribution >= 0.6 is 0 Å². The van der Waals surface area contributed by atoms with Crippen molar-refractivity contribution in [3.8, 4) is 11.8 Å². The molecule has 4 aliphatic rings. The molecule has 1 aromatic carbocycles. The molecule has 7 atom stereocenters. The summed E-state index contributed by atoms with van der Waals surface area (Å²) in [7, 11) is -4.40. The van der Waals surface area contributed by atoms with Crippen molar-refractivity contribution in [3.63, 3.8) is 0 Å². The number of rotatable bonds is 9. The molecule has 4 amide bonds. The molecule has 3 N–H and O–H groups in total. The minimum Gasteiger partial charge on any atom is -0.478 e. The number of alkyl halides is 1. The topological polar surface area (TPSA) is 185 Å². The lowest BCUT2D eigenvalue weighted by molar-refractivity contribution is -0.146. The highest BCUT2D eigenvalue weighted by Gasteiger charge is 2.64. The number of carbonyl (C=O) groups excluding carboxylic acids is 3. The minimum atomic E-state index is -4.40. The van der Waals surface area contributed by atoms with Gasteiger partial charge in [0, 0.05) is 29.3 Å². The van der Waals surface area contributed by atoms with Gasteiger partial charge in [-0.15, -0.1) is 0 Å². The zero-order chi connectivity index (χ0) is 40.8. The predicted octanol–water partition coefficient (Wildman–Crippen LogP) is 4.96. The van der Waals surface area contributed by atoms with Crippen LogP contribution in [0.2, 0.25) is 0 Å². The van der Waals surface area contributed by atoms with E-state index in [1.165, 1.54) is 4.90 Å². The molecule has 2 aliphatic heterocycles. The van der Waals surface area contributed by atoms with E-state index in [0.717, 1.165) is 10.3 Å². The second-order valence-electron chi connectivity index (χ2n) is 17.0. The Hall–Kier alpha value is -4.47. The monoisotopic (exact) mass is 799 g/mol. The van der Waals surface area contributed by atoms with E-state index in [-0.39, 0.29) is 44.0 Å². The standard InChI is InChI=1S/C40H54FN5O9S/c1-7-54-31-19-26-13-9-11-15-29(26)34(42-31)55-28-20-30-33(47)43-40(36(49)44-56(52,53)39(23-41)16-17-39)21-27(40)14-10-8-12-24(2)18-25(3)32(35(48)45(30)22-28)46(37(50)51)38(4,5)6/h9-11,13-15,19,24-25,27-28,30,32H,7-8,12,16-18,20-23H2,1-6H3,(H,43,47)(H,44,49)(H,50,51)/t24-,25-,27-,28-,30+,32+,40-/m1/s1. The van der Waals surface area contributed by atoms with Gasteiger partial charge in [0.2, 0.25) is 33.6 Å². The smallest absolute Gasteiger partial charge is 0.408 e. The molecule has 0 radical (unpaired) electrons. The van der Waals surface area contributed by atoms with Gasteiger partial charge in [-0.2, -0.15) is 4.98 Å². The summed E-state index contributed by atoms with van der Waals surface area (Å²) in [6.45, 7) is 9.95. The first kappa shape index (κ1) is 41.2. The molecule has 14 nitrogen and oxygen atoms in total. The van der Waals surface area contributed by atoms with Crippen molar-refractivity contribution >= 4 is 44.6 Å². The van der Waals surface area contributed by atoms with Gasteiger partial charge in [0.05, 0.1) is 13.2 Å².